The number of carbonyl (C=O) groups is 2. The second-order valence-electron chi connectivity index (χ2n) is 6.79. The summed E-state index contributed by atoms with van der Waals surface area (Å²) in [5, 5.41) is 37.3. The molecule has 0 spiro atoms. The quantitative estimate of drug-likeness (QED) is 0.352. The van der Waals surface area contributed by atoms with E-state index in [0.29, 0.717) is 11.1 Å². The molecule has 4 rings (SSSR count). The molecule has 0 atom stereocenters. The second kappa shape index (κ2) is 9.95. The van der Waals surface area contributed by atoms with Crippen molar-refractivity contribution >= 4 is 11.6 Å². The minimum atomic E-state index is -0.266. The minimum absolute atomic E-state index is 0.0675. The summed E-state index contributed by atoms with van der Waals surface area (Å²) >= 11 is 0. The zero-order valence-electron chi connectivity index (χ0n) is 16.8. The molecule has 0 fully saturated rings. The van der Waals surface area contributed by atoms with Gasteiger partial charge in [-0.05, 0) is 24.3 Å². The minimum Gasteiger partial charge on any atom is -0.508 e. The Hall–Kier alpha value is -4.58. The van der Waals surface area contributed by atoms with E-state index in [1.54, 1.807) is 48.5 Å². The van der Waals surface area contributed by atoms with Gasteiger partial charge in [-0.25, -0.2) is 0 Å². The summed E-state index contributed by atoms with van der Waals surface area (Å²) in [6.45, 7) is 0. The fourth-order valence-electron chi connectivity index (χ4n) is 2.91. The highest BCUT2D eigenvalue weighted by molar-refractivity contribution is 6.11. The first kappa shape index (κ1) is 22.1. The van der Waals surface area contributed by atoms with Crippen molar-refractivity contribution in [2.45, 2.75) is 0 Å². The largest absolute Gasteiger partial charge is 0.508 e. The SMILES string of the molecule is O=C(c1ccccc1)c1ccc(O)cc1O.O=C(c1ccccc1)c1ccc(O)cc1O. The smallest absolute Gasteiger partial charge is 0.196 e. The Morgan fingerprint density at radius 3 is 1.12 bits per heavy atom. The summed E-state index contributed by atoms with van der Waals surface area (Å²) in [6.07, 6.45) is 0. The van der Waals surface area contributed by atoms with E-state index in [4.69, 9.17) is 10.2 Å². The van der Waals surface area contributed by atoms with Crippen LogP contribution in [0.15, 0.2) is 97.1 Å². The van der Waals surface area contributed by atoms with Gasteiger partial charge >= 0.3 is 0 Å². The van der Waals surface area contributed by atoms with Crippen molar-refractivity contribution < 1.29 is 30.0 Å². The standard InChI is InChI=1S/2C13H10O3/c2*14-10-6-7-11(12(15)8-10)13(16)9-4-2-1-3-5-9/h2*1-8,14-15H. The summed E-state index contributed by atoms with van der Waals surface area (Å²) in [4.78, 5) is 23.9. The Balaban J connectivity index is 0.000000181. The molecule has 4 aromatic carbocycles. The lowest BCUT2D eigenvalue weighted by Crippen LogP contribution is -2.00. The van der Waals surface area contributed by atoms with Crippen molar-refractivity contribution in [2.24, 2.45) is 0 Å². The van der Waals surface area contributed by atoms with Crippen LogP contribution in [0.4, 0.5) is 0 Å². The third-order valence-corrected chi connectivity index (χ3v) is 4.52. The number of carbonyl (C=O) groups excluding carboxylic acids is 2. The molecule has 32 heavy (non-hydrogen) atoms. The zero-order valence-corrected chi connectivity index (χ0v) is 16.8. The third kappa shape index (κ3) is 5.31. The molecule has 0 aliphatic heterocycles. The van der Waals surface area contributed by atoms with Crippen molar-refractivity contribution in [3.05, 3.63) is 119 Å². The van der Waals surface area contributed by atoms with Gasteiger partial charge in [-0.15, -0.1) is 0 Å². The van der Waals surface area contributed by atoms with Crippen LogP contribution in [0.1, 0.15) is 31.8 Å². The summed E-state index contributed by atoms with van der Waals surface area (Å²) in [5.41, 5.74) is 1.37. The number of phenols is 4. The second-order valence-corrected chi connectivity index (χ2v) is 6.79. The van der Waals surface area contributed by atoms with Crippen molar-refractivity contribution in [3.63, 3.8) is 0 Å². The van der Waals surface area contributed by atoms with Crippen molar-refractivity contribution in [2.75, 3.05) is 0 Å². The van der Waals surface area contributed by atoms with Gasteiger partial charge in [0.2, 0.25) is 0 Å². The maximum atomic E-state index is 11.9. The van der Waals surface area contributed by atoms with Crippen LogP contribution in [0, 0.1) is 0 Å². The molecule has 160 valence electrons. The van der Waals surface area contributed by atoms with Gasteiger partial charge in [0.05, 0.1) is 11.1 Å². The van der Waals surface area contributed by atoms with Gasteiger partial charge in [-0.1, -0.05) is 60.7 Å². The molecule has 0 aliphatic carbocycles. The topological polar surface area (TPSA) is 115 Å². The molecule has 0 saturated heterocycles. The molecule has 0 amide bonds. The Kier molecular flexibility index (Phi) is 6.88. The van der Waals surface area contributed by atoms with Crippen molar-refractivity contribution in [1.82, 2.24) is 0 Å². The monoisotopic (exact) mass is 428 g/mol. The number of ketones is 2. The lowest BCUT2D eigenvalue weighted by atomic mass is 10.0. The molecule has 4 aromatic rings. The highest BCUT2D eigenvalue weighted by Gasteiger charge is 2.14. The highest BCUT2D eigenvalue weighted by atomic mass is 16.3. The molecule has 0 saturated carbocycles. The van der Waals surface area contributed by atoms with Crippen LogP contribution >= 0.6 is 0 Å². The van der Waals surface area contributed by atoms with Crippen LogP contribution in [0.5, 0.6) is 23.0 Å². The van der Waals surface area contributed by atoms with E-state index in [9.17, 15) is 19.8 Å². The molecule has 6 heteroatoms. The summed E-state index contributed by atoms with van der Waals surface area (Å²) < 4.78 is 0. The van der Waals surface area contributed by atoms with Gasteiger partial charge in [0.25, 0.3) is 0 Å². The maximum absolute atomic E-state index is 11.9. The molecular weight excluding hydrogens is 408 g/mol. The molecule has 6 nitrogen and oxygen atoms in total. The number of hydrogen-bond acceptors (Lipinski definition) is 6. The van der Waals surface area contributed by atoms with Crippen molar-refractivity contribution in [3.8, 4) is 23.0 Å². The Morgan fingerprint density at radius 2 is 0.812 bits per heavy atom. The van der Waals surface area contributed by atoms with Crippen LogP contribution in [-0.2, 0) is 0 Å². The average Bonchev–Trinajstić information content (AvgIpc) is 2.80. The van der Waals surface area contributed by atoms with Crippen LogP contribution in [0.2, 0.25) is 0 Å². The average molecular weight is 428 g/mol. The summed E-state index contributed by atoms with van der Waals surface area (Å²) in [6, 6.07) is 25.2. The number of benzene rings is 4. The molecule has 0 unspecified atom stereocenters. The van der Waals surface area contributed by atoms with E-state index in [2.05, 4.69) is 0 Å². The van der Waals surface area contributed by atoms with Gasteiger partial charge in [-0.2, -0.15) is 0 Å². The number of phenolic OH excluding ortho intramolecular Hbond substituents is 4. The predicted octanol–water partition coefficient (Wildman–Crippen LogP) is 4.66. The zero-order chi connectivity index (χ0) is 23.1. The van der Waals surface area contributed by atoms with Gasteiger partial charge in [-0.3, -0.25) is 9.59 Å². The number of rotatable bonds is 4. The van der Waals surface area contributed by atoms with E-state index in [0.717, 1.165) is 12.1 Å². The highest BCUT2D eigenvalue weighted by Crippen LogP contribution is 2.25. The van der Waals surface area contributed by atoms with E-state index >= 15 is 0 Å². The summed E-state index contributed by atoms with van der Waals surface area (Å²) in [7, 11) is 0. The fourth-order valence-corrected chi connectivity index (χ4v) is 2.91. The third-order valence-electron chi connectivity index (χ3n) is 4.52. The molecule has 0 radical (unpaired) electrons. The van der Waals surface area contributed by atoms with E-state index in [1.165, 1.54) is 24.3 Å². The first-order valence-electron chi connectivity index (χ1n) is 9.60. The van der Waals surface area contributed by atoms with E-state index in [1.807, 2.05) is 12.1 Å². The molecule has 0 aliphatic rings. The molecular formula is C26H20O6. The Morgan fingerprint density at radius 1 is 0.469 bits per heavy atom. The lowest BCUT2D eigenvalue weighted by Gasteiger charge is -2.04. The number of aromatic hydroxyl groups is 4. The lowest BCUT2D eigenvalue weighted by molar-refractivity contribution is 0.102. The number of hydrogen-bond donors (Lipinski definition) is 4. The van der Waals surface area contributed by atoms with Gasteiger partial charge < -0.3 is 20.4 Å². The Bertz CT molecular complexity index is 1130. The van der Waals surface area contributed by atoms with Gasteiger partial charge in [0.1, 0.15) is 23.0 Å². The van der Waals surface area contributed by atoms with Crippen LogP contribution in [0.3, 0.4) is 0 Å². The summed E-state index contributed by atoms with van der Waals surface area (Å²) in [5.74, 6) is -1.09. The first-order chi connectivity index (χ1) is 15.4. The fraction of sp³-hybridized carbons (Fsp3) is 0. The van der Waals surface area contributed by atoms with Crippen LogP contribution in [0.25, 0.3) is 0 Å². The van der Waals surface area contributed by atoms with Gasteiger partial charge in [0, 0.05) is 23.3 Å². The molecule has 4 N–H and O–H groups in total. The van der Waals surface area contributed by atoms with Crippen LogP contribution < -0.4 is 0 Å². The van der Waals surface area contributed by atoms with E-state index < -0.39 is 0 Å². The molecule has 0 aromatic heterocycles. The maximum Gasteiger partial charge on any atom is 0.196 e. The van der Waals surface area contributed by atoms with Gasteiger partial charge in [0.15, 0.2) is 11.6 Å². The van der Waals surface area contributed by atoms with Crippen molar-refractivity contribution in [1.29, 1.82) is 0 Å². The molecule has 0 bridgehead atoms. The molecule has 0 heterocycles. The predicted molar refractivity (Wildman–Crippen MR) is 119 cm³/mol. The first-order valence-corrected chi connectivity index (χ1v) is 9.60. The Labute approximate surface area is 184 Å². The van der Waals surface area contributed by atoms with Crippen LogP contribution in [-0.4, -0.2) is 32.0 Å². The van der Waals surface area contributed by atoms with E-state index in [-0.39, 0.29) is 45.7 Å². The normalized spacial score (nSPS) is 10.0.